The summed E-state index contributed by atoms with van der Waals surface area (Å²) in [4.78, 5) is 15.5. The molecule has 2 fully saturated rings. The van der Waals surface area contributed by atoms with Crippen LogP contribution in [0.25, 0.3) is 0 Å². The Morgan fingerprint density at radius 3 is 2.63 bits per heavy atom. The van der Waals surface area contributed by atoms with Gasteiger partial charge in [0, 0.05) is 32.2 Å². The lowest BCUT2D eigenvalue weighted by molar-refractivity contribution is -0.138. The molecule has 2 heterocycles. The van der Waals surface area contributed by atoms with Crippen LogP contribution in [-0.2, 0) is 14.8 Å². The Balaban J connectivity index is 1.74. The van der Waals surface area contributed by atoms with E-state index in [4.69, 9.17) is 0 Å². The van der Waals surface area contributed by atoms with Gasteiger partial charge in [-0.05, 0) is 51.3 Å². The van der Waals surface area contributed by atoms with Crippen LogP contribution in [0.1, 0.15) is 38.2 Å². The Morgan fingerprint density at radius 1 is 1.26 bits per heavy atom. The van der Waals surface area contributed by atoms with Gasteiger partial charge in [-0.25, -0.2) is 8.42 Å². The second-order valence-corrected chi connectivity index (χ2v) is 9.63. The Morgan fingerprint density at radius 2 is 2.00 bits per heavy atom. The average molecular weight is 394 g/mol. The fourth-order valence-corrected chi connectivity index (χ4v) is 5.60. The molecular weight excluding hydrogens is 362 g/mol. The molecule has 150 valence electrons. The van der Waals surface area contributed by atoms with Gasteiger partial charge < -0.3 is 10.2 Å². The molecule has 3 rings (SSSR count). The van der Waals surface area contributed by atoms with Gasteiger partial charge in [0.05, 0.1) is 10.8 Å². The van der Waals surface area contributed by atoms with E-state index in [9.17, 15) is 13.2 Å². The molecule has 7 heteroatoms. The van der Waals surface area contributed by atoms with Crippen molar-refractivity contribution < 1.29 is 13.2 Å². The first-order valence-corrected chi connectivity index (χ1v) is 11.5. The van der Waals surface area contributed by atoms with Crippen molar-refractivity contribution in [1.29, 1.82) is 0 Å². The van der Waals surface area contributed by atoms with Gasteiger partial charge in [-0.2, -0.15) is 4.31 Å². The molecule has 1 aromatic rings. The first-order chi connectivity index (χ1) is 12.9. The molecule has 1 amide bonds. The lowest BCUT2D eigenvalue weighted by atomic mass is 9.97. The summed E-state index contributed by atoms with van der Waals surface area (Å²) in [5.41, 5.74) is 1.03. The highest BCUT2D eigenvalue weighted by Gasteiger charge is 2.37. The second kappa shape index (κ2) is 8.71. The first-order valence-electron chi connectivity index (χ1n) is 10.0. The van der Waals surface area contributed by atoms with Crippen LogP contribution in [0.2, 0.25) is 0 Å². The van der Waals surface area contributed by atoms with E-state index in [0.29, 0.717) is 11.4 Å². The van der Waals surface area contributed by atoms with E-state index in [1.54, 1.807) is 12.1 Å². The molecule has 1 N–H and O–H groups in total. The van der Waals surface area contributed by atoms with E-state index in [0.717, 1.165) is 50.9 Å². The van der Waals surface area contributed by atoms with Crippen LogP contribution in [0.15, 0.2) is 29.2 Å². The van der Waals surface area contributed by atoms with Gasteiger partial charge in [0.1, 0.15) is 0 Å². The number of nitrogens with zero attached hydrogens (tertiary/aromatic N) is 2. The molecule has 2 saturated heterocycles. The molecule has 2 aliphatic rings. The van der Waals surface area contributed by atoms with E-state index < -0.39 is 10.0 Å². The Hall–Kier alpha value is -1.44. The Kier molecular flexibility index (Phi) is 6.55. The highest BCUT2D eigenvalue weighted by atomic mass is 32.2. The number of nitrogens with one attached hydrogen (secondary N) is 1. The average Bonchev–Trinajstić information content (AvgIpc) is 3.20. The quantitative estimate of drug-likeness (QED) is 0.803. The molecule has 0 bridgehead atoms. The predicted molar refractivity (Wildman–Crippen MR) is 106 cm³/mol. The van der Waals surface area contributed by atoms with Crippen LogP contribution >= 0.6 is 0 Å². The number of carbonyl (C=O) groups is 1. The highest BCUT2D eigenvalue weighted by Crippen LogP contribution is 2.26. The number of piperidine rings is 1. The lowest BCUT2D eigenvalue weighted by Gasteiger charge is -2.36. The van der Waals surface area contributed by atoms with Crippen molar-refractivity contribution in [2.24, 2.45) is 5.92 Å². The molecule has 2 unspecified atom stereocenters. The molecule has 0 aromatic heterocycles. The van der Waals surface area contributed by atoms with Crippen LogP contribution in [-0.4, -0.2) is 62.3 Å². The van der Waals surface area contributed by atoms with Crippen molar-refractivity contribution in [3.63, 3.8) is 0 Å². The molecule has 0 aliphatic carbocycles. The van der Waals surface area contributed by atoms with Gasteiger partial charge in [0.25, 0.3) is 0 Å². The van der Waals surface area contributed by atoms with Crippen LogP contribution in [0.3, 0.4) is 0 Å². The molecule has 6 nitrogen and oxygen atoms in total. The summed E-state index contributed by atoms with van der Waals surface area (Å²) in [5.74, 6) is -0.125. The van der Waals surface area contributed by atoms with E-state index in [-0.39, 0.29) is 24.4 Å². The first kappa shape index (κ1) is 20.3. The van der Waals surface area contributed by atoms with Crippen LogP contribution < -0.4 is 5.32 Å². The molecule has 1 aromatic carbocycles. The Labute approximate surface area is 163 Å². The van der Waals surface area contributed by atoms with Gasteiger partial charge in [-0.15, -0.1) is 0 Å². The van der Waals surface area contributed by atoms with Crippen LogP contribution in [0.4, 0.5) is 0 Å². The van der Waals surface area contributed by atoms with Gasteiger partial charge in [0.15, 0.2) is 0 Å². The molecule has 0 spiro atoms. The van der Waals surface area contributed by atoms with Crippen molar-refractivity contribution >= 4 is 15.9 Å². The SMILES string of the molecule is CCCN(C(=O)C1CCCN(S(=O)(=O)c2ccc(C)cc2)C1)C1CCNC1. The lowest BCUT2D eigenvalue weighted by Crippen LogP contribution is -2.50. The maximum atomic E-state index is 13.2. The zero-order chi connectivity index (χ0) is 19.4. The van der Waals surface area contributed by atoms with E-state index in [1.165, 1.54) is 4.31 Å². The summed E-state index contributed by atoms with van der Waals surface area (Å²) in [6.45, 7) is 7.31. The largest absolute Gasteiger partial charge is 0.338 e. The van der Waals surface area contributed by atoms with Gasteiger partial charge >= 0.3 is 0 Å². The van der Waals surface area contributed by atoms with E-state index in [1.807, 2.05) is 24.0 Å². The van der Waals surface area contributed by atoms with Crippen molar-refractivity contribution in [1.82, 2.24) is 14.5 Å². The molecule has 27 heavy (non-hydrogen) atoms. The highest BCUT2D eigenvalue weighted by molar-refractivity contribution is 7.89. The number of benzene rings is 1. The minimum absolute atomic E-state index is 0.120. The standard InChI is InChI=1S/C20H31N3O3S/c1-3-12-23(18-10-11-21-14-18)20(24)17-5-4-13-22(15-17)27(25,26)19-8-6-16(2)7-9-19/h6-9,17-18,21H,3-5,10-15H2,1-2H3. The topological polar surface area (TPSA) is 69.7 Å². The number of aryl methyl sites for hydroxylation is 1. The number of hydrogen-bond acceptors (Lipinski definition) is 4. The smallest absolute Gasteiger partial charge is 0.243 e. The number of hydrogen-bond donors (Lipinski definition) is 1. The number of rotatable bonds is 6. The summed E-state index contributed by atoms with van der Waals surface area (Å²) in [6.07, 6.45) is 3.38. The monoisotopic (exact) mass is 393 g/mol. The predicted octanol–water partition coefficient (Wildman–Crippen LogP) is 2.00. The number of amides is 1. The maximum Gasteiger partial charge on any atom is 0.243 e. The molecule has 0 radical (unpaired) electrons. The minimum Gasteiger partial charge on any atom is -0.338 e. The molecular formula is C20H31N3O3S. The third-order valence-corrected chi connectivity index (χ3v) is 7.49. The number of sulfonamides is 1. The number of carbonyl (C=O) groups excluding carboxylic acids is 1. The zero-order valence-electron chi connectivity index (χ0n) is 16.4. The van der Waals surface area contributed by atoms with Crippen molar-refractivity contribution in [2.45, 2.75) is 50.5 Å². The second-order valence-electron chi connectivity index (χ2n) is 7.69. The Bertz CT molecular complexity index is 742. The van der Waals surface area contributed by atoms with Crippen molar-refractivity contribution in [2.75, 3.05) is 32.7 Å². The maximum absolute atomic E-state index is 13.2. The third kappa shape index (κ3) is 4.52. The van der Waals surface area contributed by atoms with Crippen molar-refractivity contribution in [3.8, 4) is 0 Å². The van der Waals surface area contributed by atoms with E-state index in [2.05, 4.69) is 12.2 Å². The van der Waals surface area contributed by atoms with Crippen LogP contribution in [0.5, 0.6) is 0 Å². The molecule has 0 saturated carbocycles. The summed E-state index contributed by atoms with van der Waals surface area (Å²) in [6, 6.07) is 7.18. The van der Waals surface area contributed by atoms with Gasteiger partial charge in [0.2, 0.25) is 15.9 Å². The van der Waals surface area contributed by atoms with Crippen LogP contribution in [0, 0.1) is 12.8 Å². The van der Waals surface area contributed by atoms with Crippen molar-refractivity contribution in [3.05, 3.63) is 29.8 Å². The fourth-order valence-electron chi connectivity index (χ4n) is 4.08. The summed E-state index contributed by atoms with van der Waals surface area (Å²) >= 11 is 0. The summed E-state index contributed by atoms with van der Waals surface area (Å²) < 4.78 is 27.5. The normalized spacial score (nSPS) is 24.1. The fraction of sp³-hybridized carbons (Fsp3) is 0.650. The molecule has 2 atom stereocenters. The van der Waals surface area contributed by atoms with E-state index >= 15 is 0 Å². The molecule has 2 aliphatic heterocycles. The van der Waals surface area contributed by atoms with Gasteiger partial charge in [-0.1, -0.05) is 24.6 Å². The summed E-state index contributed by atoms with van der Waals surface area (Å²) in [7, 11) is -3.55. The third-order valence-electron chi connectivity index (χ3n) is 5.61. The summed E-state index contributed by atoms with van der Waals surface area (Å²) in [5, 5.41) is 3.33. The minimum atomic E-state index is -3.55. The van der Waals surface area contributed by atoms with Gasteiger partial charge in [-0.3, -0.25) is 4.79 Å². The zero-order valence-corrected chi connectivity index (χ0v) is 17.2.